The number of fused-ring (bicyclic) bond motifs is 2. The average molecular weight is 357 g/mol. The quantitative estimate of drug-likeness (QED) is 0.832. The monoisotopic (exact) mass is 357 g/mol. The minimum atomic E-state index is -0.468. The number of amides is 1. The number of nitrogens with zero attached hydrogens (tertiary/aromatic N) is 1. The average Bonchev–Trinajstić information content (AvgIpc) is 2.80. The molecule has 1 amide bonds. The first kappa shape index (κ1) is 18.0. The molecule has 0 fully saturated rings. The zero-order valence-electron chi connectivity index (χ0n) is 15.3. The molecule has 6 nitrogen and oxygen atoms in total. The number of rotatable bonds is 3. The molecule has 2 aliphatic rings. The molecule has 3 rings (SSSR count). The van der Waals surface area contributed by atoms with Crippen LogP contribution in [0, 0.1) is 0 Å². The largest absolute Gasteiger partial charge is 0.493 e. The second-order valence-corrected chi connectivity index (χ2v) is 6.34. The van der Waals surface area contributed by atoms with E-state index in [0.717, 1.165) is 11.1 Å². The number of benzene rings is 1. The van der Waals surface area contributed by atoms with Gasteiger partial charge >= 0.3 is 6.09 Å². The van der Waals surface area contributed by atoms with Crippen molar-refractivity contribution in [3.05, 3.63) is 47.6 Å². The lowest BCUT2D eigenvalue weighted by atomic mass is 9.73. The van der Waals surface area contributed by atoms with E-state index >= 15 is 0 Å². The predicted octanol–water partition coefficient (Wildman–Crippen LogP) is 3.00. The Hall–Kier alpha value is -2.76. The molecule has 0 bridgehead atoms. The van der Waals surface area contributed by atoms with E-state index in [-0.39, 0.29) is 11.9 Å². The maximum atomic E-state index is 12.3. The highest BCUT2D eigenvalue weighted by Crippen LogP contribution is 2.43. The Kier molecular flexibility index (Phi) is 5.02. The lowest BCUT2D eigenvalue weighted by Crippen LogP contribution is -2.32. The van der Waals surface area contributed by atoms with Crippen molar-refractivity contribution in [1.82, 2.24) is 4.90 Å². The summed E-state index contributed by atoms with van der Waals surface area (Å²) in [7, 11) is 3.17. The molecule has 0 aromatic heterocycles. The molecule has 1 heterocycles. The number of ketones is 1. The van der Waals surface area contributed by atoms with E-state index in [0.29, 0.717) is 37.6 Å². The lowest BCUT2D eigenvalue weighted by molar-refractivity contribution is -0.110. The van der Waals surface area contributed by atoms with Crippen LogP contribution in [-0.2, 0) is 21.5 Å². The third-order valence-corrected chi connectivity index (χ3v) is 4.88. The van der Waals surface area contributed by atoms with Crippen LogP contribution in [0.15, 0.2) is 36.4 Å². The van der Waals surface area contributed by atoms with Gasteiger partial charge in [0.1, 0.15) is 0 Å². The van der Waals surface area contributed by atoms with Gasteiger partial charge < -0.3 is 19.1 Å². The molecule has 1 aliphatic carbocycles. The minimum absolute atomic E-state index is 0.0378. The number of ether oxygens (including phenoxy) is 3. The highest BCUT2D eigenvalue weighted by atomic mass is 16.6. The molecule has 1 aromatic rings. The molecule has 1 spiro atoms. The molecule has 0 radical (unpaired) electrons. The van der Waals surface area contributed by atoms with Crippen molar-refractivity contribution in [3.63, 3.8) is 0 Å². The van der Waals surface area contributed by atoms with E-state index in [9.17, 15) is 9.59 Å². The first-order valence-electron chi connectivity index (χ1n) is 8.62. The first-order chi connectivity index (χ1) is 12.5. The van der Waals surface area contributed by atoms with Crippen molar-refractivity contribution in [2.24, 2.45) is 0 Å². The second kappa shape index (κ2) is 7.23. The maximum Gasteiger partial charge on any atom is 0.410 e. The summed E-state index contributed by atoms with van der Waals surface area (Å²) in [4.78, 5) is 25.7. The summed E-state index contributed by atoms with van der Waals surface area (Å²) in [5.41, 5.74) is 1.48. The van der Waals surface area contributed by atoms with Crippen molar-refractivity contribution in [2.45, 2.75) is 25.3 Å². The van der Waals surface area contributed by atoms with Crippen LogP contribution < -0.4 is 9.47 Å². The summed E-state index contributed by atoms with van der Waals surface area (Å²) < 4.78 is 16.1. The first-order valence-corrected chi connectivity index (χ1v) is 8.62. The van der Waals surface area contributed by atoms with Gasteiger partial charge in [0, 0.05) is 18.5 Å². The molecule has 0 saturated carbocycles. The molecule has 0 N–H and O–H groups in total. The summed E-state index contributed by atoms with van der Waals surface area (Å²) in [5.74, 6) is 1.19. The van der Waals surface area contributed by atoms with Gasteiger partial charge in [0.2, 0.25) is 0 Å². The Balaban J connectivity index is 2.12. The molecular weight excluding hydrogens is 334 g/mol. The van der Waals surface area contributed by atoms with Gasteiger partial charge in [0.25, 0.3) is 0 Å². The second-order valence-electron chi connectivity index (χ2n) is 6.34. The van der Waals surface area contributed by atoms with Crippen molar-refractivity contribution in [1.29, 1.82) is 0 Å². The minimum Gasteiger partial charge on any atom is -0.493 e. The van der Waals surface area contributed by atoms with Crippen LogP contribution >= 0.6 is 0 Å². The third-order valence-electron chi connectivity index (χ3n) is 4.88. The molecule has 26 heavy (non-hydrogen) atoms. The van der Waals surface area contributed by atoms with E-state index in [1.165, 1.54) is 0 Å². The van der Waals surface area contributed by atoms with E-state index in [2.05, 4.69) is 0 Å². The summed E-state index contributed by atoms with van der Waals surface area (Å²) in [6.07, 6.45) is 7.30. The normalized spacial score (nSPS) is 17.7. The number of hydrogen-bond donors (Lipinski definition) is 0. The van der Waals surface area contributed by atoms with Crippen LogP contribution in [-0.4, -0.2) is 44.1 Å². The number of allylic oxidation sites excluding steroid dienone is 4. The van der Waals surface area contributed by atoms with Gasteiger partial charge in [-0.1, -0.05) is 12.2 Å². The summed E-state index contributed by atoms with van der Waals surface area (Å²) >= 11 is 0. The molecule has 0 saturated heterocycles. The van der Waals surface area contributed by atoms with Crippen LogP contribution in [0.5, 0.6) is 11.5 Å². The number of carbonyl (C=O) groups is 2. The molecule has 1 aromatic carbocycles. The fraction of sp³-hybridized carbons (Fsp3) is 0.400. The van der Waals surface area contributed by atoms with Crippen LogP contribution in [0.25, 0.3) is 0 Å². The standard InChI is InChI=1S/C20H23NO5/c1-4-26-19(23)21-10-9-20(7-5-15(22)6-8-20)16-12-18(25-3)17(24-2)11-14(16)13-21/h5-8,11-12H,4,9-10,13H2,1-3H3. The van der Waals surface area contributed by atoms with Crippen molar-refractivity contribution >= 4 is 11.9 Å². The zero-order valence-corrected chi connectivity index (χ0v) is 15.3. The number of methoxy groups -OCH3 is 2. The Labute approximate surface area is 153 Å². The van der Waals surface area contributed by atoms with E-state index in [1.54, 1.807) is 38.2 Å². The van der Waals surface area contributed by atoms with Gasteiger partial charge in [-0.3, -0.25) is 4.79 Å². The van der Waals surface area contributed by atoms with Crippen LogP contribution in [0.4, 0.5) is 4.79 Å². The number of hydrogen-bond acceptors (Lipinski definition) is 5. The van der Waals surface area contributed by atoms with Crippen molar-refractivity contribution < 1.29 is 23.8 Å². The SMILES string of the molecule is CCOC(=O)N1CCC2(C=CC(=O)C=C2)c2cc(OC)c(OC)cc2C1. The van der Waals surface area contributed by atoms with Crippen LogP contribution in [0.1, 0.15) is 24.5 Å². The maximum absolute atomic E-state index is 12.3. The van der Waals surface area contributed by atoms with Gasteiger partial charge in [-0.25, -0.2) is 4.79 Å². The fourth-order valence-electron chi connectivity index (χ4n) is 3.51. The summed E-state index contributed by atoms with van der Waals surface area (Å²) in [6, 6.07) is 3.83. The Morgan fingerprint density at radius 2 is 1.81 bits per heavy atom. The van der Waals surface area contributed by atoms with E-state index in [1.807, 2.05) is 24.3 Å². The van der Waals surface area contributed by atoms with Gasteiger partial charge in [-0.05, 0) is 48.8 Å². The molecule has 6 heteroatoms. The smallest absolute Gasteiger partial charge is 0.410 e. The van der Waals surface area contributed by atoms with Gasteiger partial charge in [-0.15, -0.1) is 0 Å². The Morgan fingerprint density at radius 3 is 2.42 bits per heavy atom. The van der Waals surface area contributed by atoms with Crippen molar-refractivity contribution in [2.75, 3.05) is 27.4 Å². The van der Waals surface area contributed by atoms with Crippen molar-refractivity contribution in [3.8, 4) is 11.5 Å². The van der Waals surface area contributed by atoms with E-state index < -0.39 is 5.41 Å². The fourth-order valence-corrected chi connectivity index (χ4v) is 3.51. The van der Waals surface area contributed by atoms with E-state index in [4.69, 9.17) is 14.2 Å². The topological polar surface area (TPSA) is 65.1 Å². The highest BCUT2D eigenvalue weighted by molar-refractivity contribution is 6.00. The highest BCUT2D eigenvalue weighted by Gasteiger charge is 2.36. The Bertz CT molecular complexity index is 765. The molecule has 0 atom stereocenters. The molecule has 1 aliphatic heterocycles. The molecular formula is C20H23NO5. The van der Waals surface area contributed by atoms with Gasteiger partial charge in [0.05, 0.1) is 20.8 Å². The predicted molar refractivity (Wildman–Crippen MR) is 96.6 cm³/mol. The van der Waals surface area contributed by atoms with Crippen LogP contribution in [0.3, 0.4) is 0 Å². The third kappa shape index (κ3) is 3.19. The molecule has 138 valence electrons. The summed E-state index contributed by atoms with van der Waals surface area (Å²) in [5, 5.41) is 0. The van der Waals surface area contributed by atoms with Gasteiger partial charge in [-0.2, -0.15) is 0 Å². The number of carbonyl (C=O) groups excluding carboxylic acids is 2. The zero-order chi connectivity index (χ0) is 18.7. The van der Waals surface area contributed by atoms with Gasteiger partial charge in [0.15, 0.2) is 17.3 Å². The Morgan fingerprint density at radius 1 is 1.15 bits per heavy atom. The van der Waals surface area contributed by atoms with Crippen LogP contribution in [0.2, 0.25) is 0 Å². The summed E-state index contributed by atoms with van der Waals surface area (Å²) in [6.45, 7) is 3.04. The molecule has 0 unspecified atom stereocenters. The lowest BCUT2D eigenvalue weighted by Gasteiger charge is -2.30.